The number of ether oxygens (including phenoxy) is 2. The number of hydrogen-bond donors (Lipinski definition) is 2. The van der Waals surface area contributed by atoms with E-state index in [-0.39, 0.29) is 29.9 Å². The maximum atomic E-state index is 11.8. The maximum absolute atomic E-state index is 11.8. The molecule has 6 heteroatoms. The standard InChI is InChI=1S/C15H21NO5/c1-4-11(5-2)16-14(17)9-21-13-8-10(15(18)19)6-7-12(13)20-3/h6-8,11H,4-5,9H2,1-3H3,(H,16,17)(H,18,19). The van der Waals surface area contributed by atoms with Crippen molar-refractivity contribution in [2.75, 3.05) is 13.7 Å². The summed E-state index contributed by atoms with van der Waals surface area (Å²) in [7, 11) is 1.45. The number of rotatable bonds is 8. The summed E-state index contributed by atoms with van der Waals surface area (Å²) in [5.74, 6) is -0.692. The van der Waals surface area contributed by atoms with Crippen molar-refractivity contribution in [3.8, 4) is 11.5 Å². The van der Waals surface area contributed by atoms with Crippen LogP contribution in [0.15, 0.2) is 18.2 Å². The highest BCUT2D eigenvalue weighted by Gasteiger charge is 2.13. The molecule has 1 aromatic rings. The summed E-state index contributed by atoms with van der Waals surface area (Å²) in [4.78, 5) is 22.7. The molecule has 0 unspecified atom stereocenters. The first-order valence-electron chi connectivity index (χ1n) is 6.85. The van der Waals surface area contributed by atoms with E-state index in [4.69, 9.17) is 14.6 Å². The van der Waals surface area contributed by atoms with Gasteiger partial charge < -0.3 is 19.9 Å². The van der Waals surface area contributed by atoms with Crippen molar-refractivity contribution in [2.24, 2.45) is 0 Å². The minimum atomic E-state index is -1.07. The van der Waals surface area contributed by atoms with Gasteiger partial charge in [-0.25, -0.2) is 4.79 Å². The van der Waals surface area contributed by atoms with E-state index in [2.05, 4.69) is 5.32 Å². The van der Waals surface area contributed by atoms with Crippen LogP contribution in [0.1, 0.15) is 37.0 Å². The second-order valence-corrected chi connectivity index (χ2v) is 4.54. The van der Waals surface area contributed by atoms with Gasteiger partial charge in [-0.1, -0.05) is 13.8 Å². The fourth-order valence-electron chi connectivity index (χ4n) is 1.83. The Morgan fingerprint density at radius 2 is 1.90 bits per heavy atom. The third-order valence-corrected chi connectivity index (χ3v) is 3.12. The Hall–Kier alpha value is -2.24. The molecule has 1 amide bonds. The zero-order valence-electron chi connectivity index (χ0n) is 12.5. The topological polar surface area (TPSA) is 84.9 Å². The molecule has 0 aromatic heterocycles. The largest absolute Gasteiger partial charge is 0.493 e. The molecule has 116 valence electrons. The van der Waals surface area contributed by atoms with Crippen LogP contribution in [-0.4, -0.2) is 36.7 Å². The first-order chi connectivity index (χ1) is 10.0. The van der Waals surface area contributed by atoms with Crippen LogP contribution in [0.4, 0.5) is 0 Å². The van der Waals surface area contributed by atoms with Crippen molar-refractivity contribution in [1.82, 2.24) is 5.32 Å². The predicted octanol–water partition coefficient (Wildman–Crippen LogP) is 2.08. The van der Waals surface area contributed by atoms with E-state index in [1.54, 1.807) is 0 Å². The number of aromatic carboxylic acids is 1. The Labute approximate surface area is 124 Å². The number of carbonyl (C=O) groups is 2. The molecule has 0 bridgehead atoms. The van der Waals surface area contributed by atoms with Crippen LogP contribution in [0.25, 0.3) is 0 Å². The second-order valence-electron chi connectivity index (χ2n) is 4.54. The van der Waals surface area contributed by atoms with Gasteiger partial charge in [0.2, 0.25) is 0 Å². The van der Waals surface area contributed by atoms with Crippen LogP contribution in [0, 0.1) is 0 Å². The molecule has 0 spiro atoms. The Bertz CT molecular complexity index is 497. The molecular formula is C15H21NO5. The highest BCUT2D eigenvalue weighted by Crippen LogP contribution is 2.28. The van der Waals surface area contributed by atoms with Gasteiger partial charge in [-0.15, -0.1) is 0 Å². The van der Waals surface area contributed by atoms with Gasteiger partial charge in [-0.3, -0.25) is 4.79 Å². The third kappa shape index (κ3) is 4.98. The number of carbonyl (C=O) groups excluding carboxylic acids is 1. The molecule has 0 heterocycles. The summed E-state index contributed by atoms with van der Waals surface area (Å²) < 4.78 is 10.5. The number of carboxylic acids is 1. The number of hydrogen-bond acceptors (Lipinski definition) is 4. The van der Waals surface area contributed by atoms with Crippen LogP contribution >= 0.6 is 0 Å². The van der Waals surface area contributed by atoms with Gasteiger partial charge in [-0.2, -0.15) is 0 Å². The first-order valence-corrected chi connectivity index (χ1v) is 6.85. The molecule has 0 radical (unpaired) electrons. The molecule has 0 atom stereocenters. The van der Waals surface area contributed by atoms with E-state index in [0.29, 0.717) is 5.75 Å². The SMILES string of the molecule is CCC(CC)NC(=O)COc1cc(C(=O)O)ccc1OC. The molecule has 0 aliphatic heterocycles. The number of nitrogens with one attached hydrogen (secondary N) is 1. The molecule has 0 saturated heterocycles. The number of methoxy groups -OCH3 is 1. The summed E-state index contributed by atoms with van der Waals surface area (Å²) in [5, 5.41) is 11.8. The molecule has 2 N–H and O–H groups in total. The van der Waals surface area contributed by atoms with Crippen molar-refractivity contribution in [1.29, 1.82) is 0 Å². The van der Waals surface area contributed by atoms with Crippen molar-refractivity contribution in [3.63, 3.8) is 0 Å². The minimum absolute atomic E-state index is 0.0752. The lowest BCUT2D eigenvalue weighted by atomic mass is 10.2. The molecule has 21 heavy (non-hydrogen) atoms. The molecule has 0 aliphatic carbocycles. The third-order valence-electron chi connectivity index (χ3n) is 3.12. The number of carboxylic acid groups (broad SMARTS) is 1. The van der Waals surface area contributed by atoms with Crippen molar-refractivity contribution >= 4 is 11.9 Å². The maximum Gasteiger partial charge on any atom is 0.335 e. The van der Waals surface area contributed by atoms with Crippen LogP contribution in [-0.2, 0) is 4.79 Å². The fourth-order valence-corrected chi connectivity index (χ4v) is 1.83. The second kappa shape index (κ2) is 8.14. The van der Waals surface area contributed by atoms with Crippen LogP contribution in [0.3, 0.4) is 0 Å². The lowest BCUT2D eigenvalue weighted by molar-refractivity contribution is -0.123. The van der Waals surface area contributed by atoms with Crippen LogP contribution in [0.2, 0.25) is 0 Å². The van der Waals surface area contributed by atoms with E-state index in [1.165, 1.54) is 25.3 Å². The fraction of sp³-hybridized carbons (Fsp3) is 0.467. The van der Waals surface area contributed by atoms with E-state index in [0.717, 1.165) is 12.8 Å². The van der Waals surface area contributed by atoms with Gasteiger partial charge in [0.25, 0.3) is 5.91 Å². The quantitative estimate of drug-likeness (QED) is 0.767. The molecule has 0 aliphatic rings. The normalized spacial score (nSPS) is 10.3. The summed E-state index contributed by atoms with van der Waals surface area (Å²) in [6.45, 7) is 3.80. The molecule has 6 nitrogen and oxygen atoms in total. The van der Waals surface area contributed by atoms with E-state index in [9.17, 15) is 9.59 Å². The Morgan fingerprint density at radius 1 is 1.24 bits per heavy atom. The smallest absolute Gasteiger partial charge is 0.335 e. The Balaban J connectivity index is 2.71. The Kier molecular flexibility index (Phi) is 6.52. The van der Waals surface area contributed by atoms with Crippen LogP contribution < -0.4 is 14.8 Å². The number of amides is 1. The minimum Gasteiger partial charge on any atom is -0.493 e. The van der Waals surface area contributed by atoms with E-state index < -0.39 is 5.97 Å². The average molecular weight is 295 g/mol. The summed E-state index contributed by atoms with van der Waals surface area (Å²) in [5.41, 5.74) is 0.0752. The summed E-state index contributed by atoms with van der Waals surface area (Å²) >= 11 is 0. The highest BCUT2D eigenvalue weighted by atomic mass is 16.5. The van der Waals surface area contributed by atoms with Crippen molar-refractivity contribution < 1.29 is 24.2 Å². The van der Waals surface area contributed by atoms with Gasteiger partial charge in [0.15, 0.2) is 18.1 Å². The van der Waals surface area contributed by atoms with Gasteiger partial charge in [0.05, 0.1) is 12.7 Å². The molecule has 0 fully saturated rings. The zero-order valence-corrected chi connectivity index (χ0v) is 12.5. The van der Waals surface area contributed by atoms with Gasteiger partial charge in [0, 0.05) is 6.04 Å². The predicted molar refractivity (Wildman–Crippen MR) is 78.0 cm³/mol. The lowest BCUT2D eigenvalue weighted by Crippen LogP contribution is -2.37. The molecule has 0 saturated carbocycles. The monoisotopic (exact) mass is 295 g/mol. The van der Waals surface area contributed by atoms with Gasteiger partial charge in [0.1, 0.15) is 0 Å². The summed E-state index contributed by atoms with van der Waals surface area (Å²) in [6, 6.07) is 4.37. The Morgan fingerprint density at radius 3 is 2.43 bits per heavy atom. The molecular weight excluding hydrogens is 274 g/mol. The van der Waals surface area contributed by atoms with E-state index in [1.807, 2.05) is 13.8 Å². The van der Waals surface area contributed by atoms with Gasteiger partial charge in [-0.05, 0) is 31.0 Å². The zero-order chi connectivity index (χ0) is 15.8. The van der Waals surface area contributed by atoms with E-state index >= 15 is 0 Å². The van der Waals surface area contributed by atoms with Crippen LogP contribution in [0.5, 0.6) is 11.5 Å². The molecule has 1 aromatic carbocycles. The van der Waals surface area contributed by atoms with Crippen molar-refractivity contribution in [3.05, 3.63) is 23.8 Å². The highest BCUT2D eigenvalue weighted by molar-refractivity contribution is 5.88. The summed E-state index contributed by atoms with van der Waals surface area (Å²) in [6.07, 6.45) is 1.69. The van der Waals surface area contributed by atoms with Crippen molar-refractivity contribution in [2.45, 2.75) is 32.7 Å². The van der Waals surface area contributed by atoms with Gasteiger partial charge >= 0.3 is 5.97 Å². The lowest BCUT2D eigenvalue weighted by Gasteiger charge is -2.16. The molecule has 1 rings (SSSR count). The average Bonchev–Trinajstić information content (AvgIpc) is 2.50. The number of benzene rings is 1. The first kappa shape index (κ1) is 16.8.